The van der Waals surface area contributed by atoms with Crippen LogP contribution >= 0.6 is 11.6 Å². The molecule has 1 aromatic rings. The van der Waals surface area contributed by atoms with Gasteiger partial charge in [0, 0.05) is 30.6 Å². The van der Waals surface area contributed by atoms with Crippen molar-refractivity contribution in [3.8, 4) is 0 Å². The Morgan fingerprint density at radius 1 is 1.22 bits per heavy atom. The highest BCUT2D eigenvalue weighted by Gasteiger charge is 2.36. The van der Waals surface area contributed by atoms with Gasteiger partial charge in [0.2, 0.25) is 0 Å². The first-order valence-corrected chi connectivity index (χ1v) is 6.90. The second-order valence-corrected chi connectivity index (χ2v) is 5.64. The second kappa shape index (κ2) is 4.90. The second-order valence-electron chi connectivity index (χ2n) is 5.23. The number of nitrogens with zero attached hydrogens (tertiary/aromatic N) is 2. The molecule has 4 heteroatoms. The first-order valence-electron chi connectivity index (χ1n) is 6.52. The van der Waals surface area contributed by atoms with Crippen molar-refractivity contribution >= 4 is 23.0 Å². The van der Waals surface area contributed by atoms with Crippen LogP contribution in [0.1, 0.15) is 25.7 Å². The predicted octanol–water partition coefficient (Wildman–Crippen LogP) is 3.36. The zero-order valence-corrected chi connectivity index (χ0v) is 11.3. The van der Waals surface area contributed by atoms with E-state index in [0.29, 0.717) is 12.1 Å². The minimum Gasteiger partial charge on any atom is -0.300 e. The Bertz CT molecular complexity index is 456. The molecule has 0 amide bonds. The monoisotopic (exact) mass is 263 g/mol. The lowest BCUT2D eigenvalue weighted by Gasteiger charge is -2.31. The molecule has 0 aliphatic carbocycles. The fourth-order valence-electron chi connectivity index (χ4n) is 2.99. The molecule has 3 nitrogen and oxygen atoms in total. The number of fused-ring (bicyclic) bond motifs is 2. The molecular weight excluding hydrogens is 246 g/mol. The van der Waals surface area contributed by atoms with E-state index in [1.165, 1.54) is 18.6 Å². The molecule has 18 heavy (non-hydrogen) atoms. The summed E-state index contributed by atoms with van der Waals surface area (Å²) in [5, 5.41) is 5.27. The largest absolute Gasteiger partial charge is 0.300 e. The van der Waals surface area contributed by atoms with E-state index in [4.69, 9.17) is 11.6 Å². The van der Waals surface area contributed by atoms with Gasteiger partial charge in [-0.1, -0.05) is 23.7 Å². The molecule has 1 aromatic carbocycles. The molecule has 0 radical (unpaired) electrons. The number of nitrogens with one attached hydrogen (secondary N) is 1. The molecule has 0 unspecified atom stereocenters. The van der Waals surface area contributed by atoms with Crippen LogP contribution in [-0.4, -0.2) is 29.7 Å². The third kappa shape index (κ3) is 2.25. The fourth-order valence-corrected chi connectivity index (χ4v) is 3.17. The molecule has 0 aromatic heterocycles. The van der Waals surface area contributed by atoms with Crippen molar-refractivity contribution in [3.63, 3.8) is 0 Å². The summed E-state index contributed by atoms with van der Waals surface area (Å²) in [5.41, 5.74) is 5.27. The first kappa shape index (κ1) is 12.0. The zero-order chi connectivity index (χ0) is 12.5. The highest BCUT2D eigenvalue weighted by atomic mass is 35.5. The third-order valence-corrected chi connectivity index (χ3v) is 4.47. The van der Waals surface area contributed by atoms with E-state index >= 15 is 0 Å². The van der Waals surface area contributed by atoms with Crippen molar-refractivity contribution in [2.75, 3.05) is 12.5 Å². The Kier molecular flexibility index (Phi) is 3.27. The van der Waals surface area contributed by atoms with Gasteiger partial charge in [0.05, 0.1) is 10.7 Å². The number of para-hydroxylation sites is 1. The van der Waals surface area contributed by atoms with Gasteiger partial charge < -0.3 is 0 Å². The topological polar surface area (TPSA) is 27.6 Å². The van der Waals surface area contributed by atoms with Gasteiger partial charge in [0.25, 0.3) is 0 Å². The molecule has 2 saturated heterocycles. The summed E-state index contributed by atoms with van der Waals surface area (Å²) in [5.74, 6) is 0. The Hall–Kier alpha value is -1.06. The molecule has 2 fully saturated rings. The van der Waals surface area contributed by atoms with Crippen LogP contribution in [0, 0.1) is 0 Å². The lowest BCUT2D eigenvalue weighted by molar-refractivity contribution is 0.231. The fraction of sp³-hybridized carbons (Fsp3) is 0.500. The Morgan fingerprint density at radius 2 is 1.89 bits per heavy atom. The quantitative estimate of drug-likeness (QED) is 0.829. The Morgan fingerprint density at radius 3 is 2.56 bits per heavy atom. The highest BCUT2D eigenvalue weighted by Crippen LogP contribution is 2.33. The number of benzene rings is 1. The summed E-state index contributed by atoms with van der Waals surface area (Å²) in [4.78, 5) is 2.51. The highest BCUT2D eigenvalue weighted by molar-refractivity contribution is 6.33. The van der Waals surface area contributed by atoms with Gasteiger partial charge in [0.1, 0.15) is 0 Å². The molecule has 2 heterocycles. The maximum atomic E-state index is 6.09. The molecule has 2 aliphatic heterocycles. The molecule has 2 atom stereocenters. The van der Waals surface area contributed by atoms with Crippen LogP contribution in [0.3, 0.4) is 0 Å². The van der Waals surface area contributed by atoms with E-state index in [0.717, 1.165) is 23.6 Å². The maximum absolute atomic E-state index is 6.09. The summed E-state index contributed by atoms with van der Waals surface area (Å²) >= 11 is 6.09. The van der Waals surface area contributed by atoms with Gasteiger partial charge in [-0.3, -0.25) is 10.3 Å². The summed E-state index contributed by atoms with van der Waals surface area (Å²) < 4.78 is 0. The van der Waals surface area contributed by atoms with Gasteiger partial charge in [-0.05, 0) is 32.0 Å². The first-order chi connectivity index (χ1) is 8.74. The summed E-state index contributed by atoms with van der Waals surface area (Å²) in [6, 6.07) is 9.10. The molecule has 0 saturated carbocycles. The van der Waals surface area contributed by atoms with E-state index in [9.17, 15) is 0 Å². The van der Waals surface area contributed by atoms with Crippen LogP contribution < -0.4 is 5.43 Å². The lowest BCUT2D eigenvalue weighted by atomic mass is 10.0. The van der Waals surface area contributed by atoms with E-state index in [1.54, 1.807) is 0 Å². The summed E-state index contributed by atoms with van der Waals surface area (Å²) in [6.45, 7) is 0. The van der Waals surface area contributed by atoms with Crippen molar-refractivity contribution in [1.82, 2.24) is 4.90 Å². The zero-order valence-electron chi connectivity index (χ0n) is 10.6. The average Bonchev–Trinajstić information content (AvgIpc) is 2.62. The smallest absolute Gasteiger partial charge is 0.0748 e. The molecule has 3 rings (SSSR count). The average molecular weight is 264 g/mol. The predicted molar refractivity (Wildman–Crippen MR) is 76.3 cm³/mol. The number of hydrogen-bond donors (Lipinski definition) is 1. The van der Waals surface area contributed by atoms with Crippen LogP contribution in [0.5, 0.6) is 0 Å². The summed E-state index contributed by atoms with van der Waals surface area (Å²) in [7, 11) is 2.24. The van der Waals surface area contributed by atoms with E-state index in [1.807, 2.05) is 24.3 Å². The number of hydrazone groups is 1. The van der Waals surface area contributed by atoms with Gasteiger partial charge in [-0.25, -0.2) is 0 Å². The van der Waals surface area contributed by atoms with Crippen LogP contribution in [0.25, 0.3) is 0 Å². The van der Waals surface area contributed by atoms with Gasteiger partial charge in [-0.15, -0.1) is 0 Å². The Balaban J connectivity index is 1.70. The van der Waals surface area contributed by atoms with Crippen LogP contribution in [-0.2, 0) is 0 Å². The molecule has 2 aliphatic rings. The number of rotatable bonds is 2. The van der Waals surface area contributed by atoms with Crippen LogP contribution in [0.4, 0.5) is 5.69 Å². The standard InChI is InChI=1S/C14H18ClN3/c1-18-11-6-7-12(18)9-10(8-11)16-17-14-5-3-2-4-13(14)15/h2-5,11-12,17H,6-9H2,1H3/t11-,12+. The number of hydrogen-bond acceptors (Lipinski definition) is 3. The van der Waals surface area contributed by atoms with E-state index < -0.39 is 0 Å². The molecule has 96 valence electrons. The van der Waals surface area contributed by atoms with Crippen molar-refractivity contribution in [1.29, 1.82) is 0 Å². The van der Waals surface area contributed by atoms with Crippen molar-refractivity contribution in [2.24, 2.45) is 5.10 Å². The number of piperidine rings is 1. The SMILES string of the molecule is CN1[C@@H]2CC[C@H]1CC(=NNc1ccccc1Cl)C2. The van der Waals surface area contributed by atoms with Crippen molar-refractivity contribution in [3.05, 3.63) is 29.3 Å². The van der Waals surface area contributed by atoms with Gasteiger partial charge in [0.15, 0.2) is 0 Å². The molecule has 2 bridgehead atoms. The number of anilines is 1. The molecular formula is C14H18ClN3. The van der Waals surface area contributed by atoms with Crippen LogP contribution in [0.2, 0.25) is 5.02 Å². The normalized spacial score (nSPS) is 29.8. The van der Waals surface area contributed by atoms with Crippen LogP contribution in [0.15, 0.2) is 29.4 Å². The van der Waals surface area contributed by atoms with Gasteiger partial charge in [-0.2, -0.15) is 5.10 Å². The molecule has 1 N–H and O–H groups in total. The van der Waals surface area contributed by atoms with Gasteiger partial charge >= 0.3 is 0 Å². The van der Waals surface area contributed by atoms with E-state index in [-0.39, 0.29) is 0 Å². The minimum absolute atomic E-state index is 0.690. The lowest BCUT2D eigenvalue weighted by Crippen LogP contribution is -2.40. The van der Waals surface area contributed by atoms with Crippen molar-refractivity contribution < 1.29 is 0 Å². The summed E-state index contributed by atoms with van der Waals surface area (Å²) in [6.07, 6.45) is 4.80. The minimum atomic E-state index is 0.690. The van der Waals surface area contributed by atoms with Crippen molar-refractivity contribution in [2.45, 2.75) is 37.8 Å². The maximum Gasteiger partial charge on any atom is 0.0748 e. The molecule has 0 spiro atoms. The number of halogens is 1. The van der Waals surface area contributed by atoms with E-state index in [2.05, 4.69) is 22.5 Å². The Labute approximate surface area is 113 Å². The third-order valence-electron chi connectivity index (χ3n) is 4.14.